The monoisotopic (exact) mass is 313 g/mol. The molecule has 1 amide bonds. The molecule has 0 N–H and O–H groups in total. The van der Waals surface area contributed by atoms with Crippen molar-refractivity contribution in [1.29, 1.82) is 0 Å². The molecule has 0 radical (unpaired) electrons. The third-order valence-corrected chi connectivity index (χ3v) is 3.42. The largest absolute Gasteiger partial charge is 0.339 e. The molecule has 21 heavy (non-hydrogen) atoms. The molecule has 0 aliphatic heterocycles. The van der Waals surface area contributed by atoms with Gasteiger partial charge in [0.1, 0.15) is 11.3 Å². The summed E-state index contributed by atoms with van der Waals surface area (Å²) in [7, 11) is 0. The smallest absolute Gasteiger partial charge is 0.288 e. The van der Waals surface area contributed by atoms with Gasteiger partial charge in [0.25, 0.3) is 11.6 Å². The lowest BCUT2D eigenvalue weighted by molar-refractivity contribution is -0.385. The Balaban J connectivity index is 3.00. The number of amides is 1. The van der Waals surface area contributed by atoms with Crippen molar-refractivity contribution >= 4 is 23.2 Å². The molecule has 0 atom stereocenters. The van der Waals surface area contributed by atoms with Crippen LogP contribution in [0.2, 0.25) is 5.15 Å². The zero-order valence-electron chi connectivity index (χ0n) is 12.3. The van der Waals surface area contributed by atoms with Gasteiger partial charge in [-0.3, -0.25) is 14.9 Å². The summed E-state index contributed by atoms with van der Waals surface area (Å²) < 4.78 is 0. The predicted molar refractivity (Wildman–Crippen MR) is 81.6 cm³/mol. The lowest BCUT2D eigenvalue weighted by atomic mass is 10.2. The van der Waals surface area contributed by atoms with E-state index in [2.05, 4.69) is 4.98 Å². The fourth-order valence-corrected chi connectivity index (χ4v) is 2.05. The molecule has 0 spiro atoms. The van der Waals surface area contributed by atoms with Crippen molar-refractivity contribution in [2.45, 2.75) is 39.5 Å². The third kappa shape index (κ3) is 4.97. The second-order valence-electron chi connectivity index (χ2n) is 4.79. The van der Waals surface area contributed by atoms with E-state index < -0.39 is 4.92 Å². The van der Waals surface area contributed by atoms with Gasteiger partial charge in [0, 0.05) is 19.2 Å². The Bertz CT molecular complexity index is 500. The molecule has 116 valence electrons. The van der Waals surface area contributed by atoms with Crippen molar-refractivity contribution in [2.75, 3.05) is 13.1 Å². The maximum atomic E-state index is 12.5. The number of aromatic nitrogens is 1. The van der Waals surface area contributed by atoms with Crippen LogP contribution in [0.15, 0.2) is 12.3 Å². The average molecular weight is 314 g/mol. The van der Waals surface area contributed by atoms with Crippen LogP contribution < -0.4 is 0 Å². The van der Waals surface area contributed by atoms with Gasteiger partial charge in [0.2, 0.25) is 0 Å². The van der Waals surface area contributed by atoms with E-state index in [4.69, 9.17) is 11.6 Å². The van der Waals surface area contributed by atoms with Crippen molar-refractivity contribution in [3.05, 3.63) is 33.1 Å². The summed E-state index contributed by atoms with van der Waals surface area (Å²) in [5.74, 6) is -0.293. The summed E-state index contributed by atoms with van der Waals surface area (Å²) in [6.45, 7) is 5.33. The number of carbonyl (C=O) groups is 1. The number of pyridine rings is 1. The quantitative estimate of drug-likeness (QED) is 0.416. The Morgan fingerprint density at radius 1 is 1.33 bits per heavy atom. The maximum Gasteiger partial charge on any atom is 0.288 e. The second kappa shape index (κ2) is 8.56. The lowest BCUT2D eigenvalue weighted by Crippen LogP contribution is -2.33. The second-order valence-corrected chi connectivity index (χ2v) is 5.15. The molecular weight excluding hydrogens is 294 g/mol. The van der Waals surface area contributed by atoms with Crippen LogP contribution in [0, 0.1) is 10.1 Å². The molecular formula is C14H20ClN3O3. The van der Waals surface area contributed by atoms with Gasteiger partial charge in [-0.25, -0.2) is 4.98 Å². The maximum absolute atomic E-state index is 12.5. The van der Waals surface area contributed by atoms with Gasteiger partial charge in [-0.2, -0.15) is 0 Å². The number of hydrogen-bond acceptors (Lipinski definition) is 4. The average Bonchev–Trinajstić information content (AvgIpc) is 2.47. The van der Waals surface area contributed by atoms with E-state index in [0.717, 1.165) is 31.9 Å². The summed E-state index contributed by atoms with van der Waals surface area (Å²) in [6, 6.07) is 1.20. The molecule has 6 nitrogen and oxygen atoms in total. The van der Waals surface area contributed by atoms with Gasteiger partial charge >= 0.3 is 0 Å². The van der Waals surface area contributed by atoms with Crippen LogP contribution in [0.4, 0.5) is 5.69 Å². The molecule has 0 fully saturated rings. The van der Waals surface area contributed by atoms with E-state index in [1.165, 1.54) is 6.07 Å². The van der Waals surface area contributed by atoms with Crippen LogP contribution in [0.25, 0.3) is 0 Å². The summed E-state index contributed by atoms with van der Waals surface area (Å²) in [5, 5.41) is 10.8. The van der Waals surface area contributed by atoms with E-state index in [1.807, 2.05) is 13.8 Å². The number of rotatable bonds is 8. The molecule has 0 unspecified atom stereocenters. The summed E-state index contributed by atoms with van der Waals surface area (Å²) >= 11 is 5.93. The molecule has 0 saturated heterocycles. The molecule has 0 saturated carbocycles. The molecule has 1 aromatic heterocycles. The Morgan fingerprint density at radius 3 is 2.38 bits per heavy atom. The normalized spacial score (nSPS) is 10.4. The molecule has 1 rings (SSSR count). The number of hydrogen-bond donors (Lipinski definition) is 0. The van der Waals surface area contributed by atoms with Gasteiger partial charge in [-0.05, 0) is 12.8 Å². The van der Waals surface area contributed by atoms with E-state index in [-0.39, 0.29) is 22.3 Å². The van der Waals surface area contributed by atoms with Crippen molar-refractivity contribution in [2.24, 2.45) is 0 Å². The predicted octanol–water partition coefficient (Wildman–Crippen LogP) is 3.69. The van der Waals surface area contributed by atoms with Gasteiger partial charge in [-0.15, -0.1) is 0 Å². The van der Waals surface area contributed by atoms with E-state index in [9.17, 15) is 14.9 Å². The van der Waals surface area contributed by atoms with Crippen LogP contribution in [-0.2, 0) is 0 Å². The zero-order valence-corrected chi connectivity index (χ0v) is 13.1. The van der Waals surface area contributed by atoms with Gasteiger partial charge in [0.15, 0.2) is 0 Å². The summed E-state index contributed by atoms with van der Waals surface area (Å²) in [6.07, 6.45) is 4.76. The van der Waals surface area contributed by atoms with Crippen molar-refractivity contribution in [1.82, 2.24) is 9.88 Å². The van der Waals surface area contributed by atoms with E-state index in [1.54, 1.807) is 4.90 Å². The highest BCUT2D eigenvalue weighted by molar-refractivity contribution is 6.32. The first kappa shape index (κ1) is 17.4. The molecule has 1 aromatic rings. The SMILES string of the molecule is CCCCN(CCCC)C(=O)c1cc([N+](=O)[O-])cnc1Cl. The standard InChI is InChI=1S/C14H20ClN3O3/c1-3-5-7-17(8-6-4-2)14(19)12-9-11(18(20)21)10-16-13(12)15/h9-10H,3-8H2,1-2H3. The highest BCUT2D eigenvalue weighted by Crippen LogP contribution is 2.21. The fraction of sp³-hybridized carbons (Fsp3) is 0.571. The van der Waals surface area contributed by atoms with Crippen molar-refractivity contribution in [3.63, 3.8) is 0 Å². The Morgan fingerprint density at radius 2 is 1.90 bits per heavy atom. The van der Waals surface area contributed by atoms with E-state index >= 15 is 0 Å². The number of nitro groups is 1. The first-order valence-electron chi connectivity index (χ1n) is 7.10. The number of nitrogens with zero attached hydrogens (tertiary/aromatic N) is 3. The van der Waals surface area contributed by atoms with Gasteiger partial charge in [0.05, 0.1) is 10.5 Å². The minimum Gasteiger partial charge on any atom is -0.339 e. The Hall–Kier alpha value is -1.69. The Labute approximate surface area is 129 Å². The van der Waals surface area contributed by atoms with Crippen LogP contribution in [-0.4, -0.2) is 33.8 Å². The number of carbonyl (C=O) groups excluding carboxylic acids is 1. The topological polar surface area (TPSA) is 76.3 Å². The Kier molecular flexibility index (Phi) is 7.08. The summed E-state index contributed by atoms with van der Waals surface area (Å²) in [5.41, 5.74) is -0.133. The third-order valence-electron chi connectivity index (χ3n) is 3.12. The van der Waals surface area contributed by atoms with Gasteiger partial charge < -0.3 is 4.90 Å². The molecule has 0 aliphatic carbocycles. The molecule has 1 heterocycles. The first-order chi connectivity index (χ1) is 10.0. The highest BCUT2D eigenvalue weighted by atomic mass is 35.5. The zero-order chi connectivity index (χ0) is 15.8. The number of halogens is 1. The van der Waals surface area contributed by atoms with Crippen molar-refractivity contribution in [3.8, 4) is 0 Å². The molecule has 7 heteroatoms. The van der Waals surface area contributed by atoms with Crippen LogP contribution in [0.5, 0.6) is 0 Å². The van der Waals surface area contributed by atoms with Crippen LogP contribution >= 0.6 is 11.6 Å². The van der Waals surface area contributed by atoms with Crippen LogP contribution in [0.3, 0.4) is 0 Å². The number of unbranched alkanes of at least 4 members (excludes halogenated alkanes) is 2. The highest BCUT2D eigenvalue weighted by Gasteiger charge is 2.21. The molecule has 0 bridgehead atoms. The lowest BCUT2D eigenvalue weighted by Gasteiger charge is -2.22. The van der Waals surface area contributed by atoms with E-state index in [0.29, 0.717) is 13.1 Å². The fourth-order valence-electron chi connectivity index (χ4n) is 1.87. The molecule has 0 aliphatic rings. The van der Waals surface area contributed by atoms with Gasteiger partial charge in [-0.1, -0.05) is 38.3 Å². The summed E-state index contributed by atoms with van der Waals surface area (Å²) in [4.78, 5) is 28.2. The van der Waals surface area contributed by atoms with Crippen LogP contribution in [0.1, 0.15) is 49.9 Å². The van der Waals surface area contributed by atoms with Crippen molar-refractivity contribution < 1.29 is 9.72 Å². The minimum atomic E-state index is -0.581. The first-order valence-corrected chi connectivity index (χ1v) is 7.48. The molecule has 0 aromatic carbocycles. The minimum absolute atomic E-state index is 0.00333.